The fraction of sp³-hybridized carbons (Fsp3) is 0.882. The zero-order chi connectivity index (χ0) is 52.4. The van der Waals surface area contributed by atoms with Crippen molar-refractivity contribution in [2.45, 2.75) is 193 Å². The predicted octanol–water partition coefficient (Wildman–Crippen LogP) is 2.23. The molecule has 0 unspecified atom stereocenters. The van der Waals surface area contributed by atoms with Crippen LogP contribution < -0.4 is 0 Å². The highest BCUT2D eigenvalue weighted by Gasteiger charge is 2.70. The number of hydrogen-bond acceptors (Lipinski definition) is 20. The van der Waals surface area contributed by atoms with Gasteiger partial charge < -0.3 is 78.0 Å². The molecule has 0 bridgehead atoms. The highest BCUT2D eigenvalue weighted by molar-refractivity contribution is 5.79. The number of carbonyl (C=O) groups is 4. The van der Waals surface area contributed by atoms with Gasteiger partial charge in [0.15, 0.2) is 18.7 Å². The second-order valence-electron chi connectivity index (χ2n) is 23.4. The molecule has 6 fully saturated rings. The Bertz CT molecular complexity index is 1990. The van der Waals surface area contributed by atoms with Crippen LogP contribution in [-0.2, 0) is 66.5 Å². The van der Waals surface area contributed by atoms with Gasteiger partial charge in [-0.15, -0.1) is 0 Å². The molecule has 2 saturated heterocycles. The van der Waals surface area contributed by atoms with E-state index in [0.717, 1.165) is 66.3 Å². The molecule has 404 valence electrons. The van der Waals surface area contributed by atoms with Crippen molar-refractivity contribution in [3.05, 3.63) is 11.6 Å². The van der Waals surface area contributed by atoms with Crippen molar-refractivity contribution in [3.8, 4) is 0 Å². The van der Waals surface area contributed by atoms with Gasteiger partial charge in [0.1, 0.15) is 49.3 Å². The smallest absolute Gasteiger partial charge is 0.340 e. The third kappa shape index (κ3) is 9.50. The molecular weight excluding hydrogens is 933 g/mol. The van der Waals surface area contributed by atoms with E-state index >= 15 is 0 Å². The molecule has 0 radical (unpaired) electrons. The summed E-state index contributed by atoms with van der Waals surface area (Å²) in [5.74, 6) is -3.07. The van der Waals surface area contributed by atoms with E-state index in [-0.39, 0.29) is 39.4 Å². The molecule has 0 aromatic rings. The van der Waals surface area contributed by atoms with Gasteiger partial charge in [0, 0.05) is 7.11 Å². The quantitative estimate of drug-likeness (QED) is 0.0478. The van der Waals surface area contributed by atoms with Crippen molar-refractivity contribution in [3.63, 3.8) is 0 Å². The molecule has 0 amide bonds. The zero-order valence-electron chi connectivity index (χ0n) is 43.2. The molecule has 0 aromatic heterocycles. The number of fused-ring (bicyclic) bond motifs is 7. The number of rotatable bonds is 14. The van der Waals surface area contributed by atoms with Crippen molar-refractivity contribution in [2.75, 3.05) is 41.7 Å². The number of esters is 4. The molecule has 20 atom stereocenters. The Morgan fingerprint density at radius 2 is 1.44 bits per heavy atom. The summed E-state index contributed by atoms with van der Waals surface area (Å²) in [6.07, 6.45) is -10.6. The molecule has 4 saturated carbocycles. The Balaban J connectivity index is 1.14. The van der Waals surface area contributed by atoms with E-state index in [1.54, 1.807) is 0 Å². The van der Waals surface area contributed by atoms with Crippen LogP contribution in [0.3, 0.4) is 0 Å². The number of methoxy groups -OCH3 is 4. The first-order chi connectivity index (χ1) is 33.2. The molecule has 0 spiro atoms. The Morgan fingerprint density at radius 3 is 2.07 bits per heavy atom. The summed E-state index contributed by atoms with van der Waals surface area (Å²) in [4.78, 5) is 52.7. The highest BCUT2D eigenvalue weighted by Crippen LogP contribution is 2.76. The van der Waals surface area contributed by atoms with Crippen molar-refractivity contribution >= 4 is 23.9 Å². The minimum absolute atomic E-state index is 0.0768. The van der Waals surface area contributed by atoms with Gasteiger partial charge in [0.05, 0.1) is 39.5 Å². The van der Waals surface area contributed by atoms with Crippen LogP contribution in [0.25, 0.3) is 0 Å². The predicted molar refractivity (Wildman–Crippen MR) is 246 cm³/mol. The highest BCUT2D eigenvalue weighted by atomic mass is 16.7. The molecule has 20 nitrogen and oxygen atoms in total. The van der Waals surface area contributed by atoms with Crippen LogP contribution in [-0.4, -0.2) is 176 Å². The lowest BCUT2D eigenvalue weighted by Gasteiger charge is -2.71. The Labute approximate surface area is 416 Å². The monoisotopic (exact) mass is 1010 g/mol. The van der Waals surface area contributed by atoms with Crippen LogP contribution in [0.15, 0.2) is 11.6 Å². The third-order valence-electron chi connectivity index (χ3n) is 19.1. The van der Waals surface area contributed by atoms with Gasteiger partial charge in [-0.2, -0.15) is 0 Å². The maximum absolute atomic E-state index is 14.7. The van der Waals surface area contributed by atoms with Gasteiger partial charge >= 0.3 is 23.9 Å². The summed E-state index contributed by atoms with van der Waals surface area (Å²) in [7, 11) is 4.52. The van der Waals surface area contributed by atoms with E-state index in [0.29, 0.717) is 19.3 Å². The summed E-state index contributed by atoms with van der Waals surface area (Å²) in [6.45, 7) is 14.6. The van der Waals surface area contributed by atoms with Crippen LogP contribution in [0.1, 0.15) is 113 Å². The van der Waals surface area contributed by atoms with Crippen molar-refractivity contribution in [1.29, 1.82) is 0 Å². The molecule has 0 aromatic carbocycles. The summed E-state index contributed by atoms with van der Waals surface area (Å²) < 4.78 is 55.8. The fourth-order valence-corrected chi connectivity index (χ4v) is 14.8. The summed E-state index contributed by atoms with van der Waals surface area (Å²) in [5, 5.41) is 65.1. The molecule has 7 aliphatic rings. The van der Waals surface area contributed by atoms with E-state index in [2.05, 4.69) is 59.3 Å². The molecule has 2 heterocycles. The van der Waals surface area contributed by atoms with Gasteiger partial charge in [0.2, 0.25) is 12.4 Å². The normalized spacial score (nSPS) is 44.4. The van der Waals surface area contributed by atoms with Crippen LogP contribution >= 0.6 is 0 Å². The van der Waals surface area contributed by atoms with E-state index in [1.807, 2.05) is 0 Å². The van der Waals surface area contributed by atoms with Crippen molar-refractivity contribution in [2.24, 2.45) is 50.2 Å². The Morgan fingerprint density at radius 1 is 0.746 bits per heavy atom. The standard InChI is InChI=1S/C51H80O20/c1-46(2)18-20-51(45(61)71-42-34(56)33(55)32(54)27(23-52)67-42)21-19-49(6)25(26(51)22-46)12-13-29-48(5)16-15-30(47(3,4)28(48)14-17-50(29,49)7)68-43-36(58)37(35(57)38(70-43)40(59)64-10)69-44(66-24-31(53)62-8)39(63-9)41(60)65-11/h12,26-30,32-39,42-44,52,54-58H,13-24H2,1-11H3/t26-,27+,28-,29+,30-,32+,33-,34+,35-,36+,37-,38-,39-,42-,43+,44-,48-,49+,50+,51-/m0/s1. The molecule has 71 heavy (non-hydrogen) atoms. The summed E-state index contributed by atoms with van der Waals surface area (Å²) >= 11 is 0. The minimum atomic E-state index is -1.86. The summed E-state index contributed by atoms with van der Waals surface area (Å²) in [5.41, 5.74) is -0.926. The van der Waals surface area contributed by atoms with Gasteiger partial charge in [0.25, 0.3) is 0 Å². The van der Waals surface area contributed by atoms with E-state index in [4.69, 9.17) is 42.6 Å². The van der Waals surface area contributed by atoms with Crippen LogP contribution in [0.2, 0.25) is 0 Å². The van der Waals surface area contributed by atoms with Crippen LogP contribution in [0.4, 0.5) is 0 Å². The number of aliphatic hydroxyl groups excluding tert-OH is 6. The first-order valence-corrected chi connectivity index (χ1v) is 25.2. The second kappa shape index (κ2) is 20.7. The van der Waals surface area contributed by atoms with E-state index in [9.17, 15) is 49.8 Å². The molecule has 7 rings (SSSR count). The molecule has 5 aliphatic carbocycles. The minimum Gasteiger partial charge on any atom is -0.467 e. The van der Waals surface area contributed by atoms with Gasteiger partial charge in [-0.1, -0.05) is 60.1 Å². The second-order valence-corrected chi connectivity index (χ2v) is 23.4. The van der Waals surface area contributed by atoms with Crippen molar-refractivity contribution < 1.29 is 97.2 Å². The zero-order valence-corrected chi connectivity index (χ0v) is 43.2. The Kier molecular flexibility index (Phi) is 16.3. The fourth-order valence-electron chi connectivity index (χ4n) is 14.8. The van der Waals surface area contributed by atoms with E-state index in [1.165, 1.54) is 12.7 Å². The molecule has 20 heteroatoms. The lowest BCUT2D eigenvalue weighted by atomic mass is 9.33. The maximum Gasteiger partial charge on any atom is 0.340 e. The SMILES string of the molecule is COC(=O)CO[C@@H](O[C@@H]1[C@@H](O)[C@H](O[C@H]2CC[C@]3(C)[C@H]4CC=C5[C@@H]6CC(C)(C)CC[C@]6(C(=O)O[C@@H]6O[C@H](CO)[C@@H](O)[C@H](O)[C@H]6O)CC[C@@]5(C)[C@]4(C)CC[C@H]3C2(C)C)O[C@H](C(=O)OC)[C@H]1O)[C@@H](OC)C(=O)OC. The number of carbonyl (C=O) groups excluding carboxylic acids is 4. The van der Waals surface area contributed by atoms with Crippen LogP contribution in [0.5, 0.6) is 0 Å². The molecule has 2 aliphatic heterocycles. The number of ether oxygens (including phenoxy) is 10. The molecule has 6 N–H and O–H groups in total. The number of hydrogen-bond donors (Lipinski definition) is 6. The first-order valence-electron chi connectivity index (χ1n) is 25.2. The number of aliphatic hydroxyl groups is 6. The van der Waals surface area contributed by atoms with E-state index < -0.39 is 128 Å². The average Bonchev–Trinajstić information content (AvgIpc) is 3.33. The largest absolute Gasteiger partial charge is 0.467 e. The lowest BCUT2D eigenvalue weighted by Crippen LogP contribution is -2.66. The first kappa shape index (κ1) is 55.9. The van der Waals surface area contributed by atoms with Gasteiger partial charge in [-0.05, 0) is 109 Å². The van der Waals surface area contributed by atoms with Gasteiger partial charge in [-0.25, -0.2) is 14.4 Å². The third-order valence-corrected chi connectivity index (χ3v) is 19.1. The van der Waals surface area contributed by atoms with Crippen molar-refractivity contribution in [1.82, 2.24) is 0 Å². The average molecular weight is 1010 g/mol. The molecular formula is C51H80O20. The van der Waals surface area contributed by atoms with Gasteiger partial charge in [-0.3, -0.25) is 4.79 Å². The summed E-state index contributed by atoms with van der Waals surface area (Å²) in [6, 6.07) is 0. The lowest BCUT2D eigenvalue weighted by molar-refractivity contribution is -0.346. The van der Waals surface area contributed by atoms with Crippen LogP contribution in [0, 0.1) is 50.2 Å². The maximum atomic E-state index is 14.7. The Hall–Kier alpha value is -2.86. The number of allylic oxidation sites excluding steroid dienone is 2. The topological polar surface area (TPSA) is 282 Å².